The largest absolute Gasteiger partial charge is 0.493 e. The van der Waals surface area contributed by atoms with E-state index in [1.165, 1.54) is 20.3 Å². The lowest BCUT2D eigenvalue weighted by Crippen LogP contribution is -2.02. The average Bonchev–Trinajstić information content (AvgIpc) is 2.53. The van der Waals surface area contributed by atoms with Crippen molar-refractivity contribution < 1.29 is 19.5 Å². The minimum atomic E-state index is -0.987. The number of nitrogens with zero attached hydrogens (tertiary/aromatic N) is 1. The molecule has 0 aliphatic heterocycles. The van der Waals surface area contributed by atoms with Gasteiger partial charge in [-0.15, -0.1) is 0 Å². The van der Waals surface area contributed by atoms with Gasteiger partial charge in [-0.3, -0.25) is 10.1 Å². The van der Waals surface area contributed by atoms with Crippen LogP contribution in [-0.4, -0.2) is 24.2 Å². The van der Waals surface area contributed by atoms with Crippen LogP contribution in [0.5, 0.6) is 11.5 Å². The standard InChI is InChI=1S/C16H17NO5/c1-10-4-5-11(8-13(10)17(19)20)16(18)12-6-7-14(21-2)15(9-12)22-3/h4-9,16,18H,1-3H3/t16-/m1/s1. The molecule has 116 valence electrons. The Morgan fingerprint density at radius 3 is 2.23 bits per heavy atom. The molecule has 0 spiro atoms. The predicted molar refractivity (Wildman–Crippen MR) is 81.4 cm³/mol. The molecule has 0 unspecified atom stereocenters. The van der Waals surface area contributed by atoms with E-state index in [1.807, 2.05) is 0 Å². The van der Waals surface area contributed by atoms with Crippen molar-refractivity contribution in [1.29, 1.82) is 0 Å². The molecule has 0 bridgehead atoms. The zero-order valence-corrected chi connectivity index (χ0v) is 12.6. The molecule has 0 aliphatic carbocycles. The van der Waals surface area contributed by atoms with Crippen LogP contribution in [0.15, 0.2) is 36.4 Å². The number of ether oxygens (including phenoxy) is 2. The van der Waals surface area contributed by atoms with Gasteiger partial charge >= 0.3 is 0 Å². The van der Waals surface area contributed by atoms with E-state index in [0.717, 1.165) is 0 Å². The Kier molecular flexibility index (Phi) is 4.62. The molecule has 2 aromatic rings. The molecule has 0 saturated heterocycles. The van der Waals surface area contributed by atoms with E-state index in [2.05, 4.69) is 0 Å². The van der Waals surface area contributed by atoms with E-state index >= 15 is 0 Å². The van der Waals surface area contributed by atoms with Crippen LogP contribution in [0.25, 0.3) is 0 Å². The molecule has 0 amide bonds. The number of aryl methyl sites for hydroxylation is 1. The van der Waals surface area contributed by atoms with Crippen LogP contribution in [-0.2, 0) is 0 Å². The van der Waals surface area contributed by atoms with E-state index in [-0.39, 0.29) is 5.69 Å². The van der Waals surface area contributed by atoms with Gasteiger partial charge in [0.05, 0.1) is 19.1 Å². The van der Waals surface area contributed by atoms with Crippen molar-refractivity contribution in [2.24, 2.45) is 0 Å². The fourth-order valence-electron chi connectivity index (χ4n) is 2.21. The average molecular weight is 303 g/mol. The normalized spacial score (nSPS) is 11.8. The first-order valence-electron chi connectivity index (χ1n) is 6.63. The van der Waals surface area contributed by atoms with Gasteiger partial charge in [0.1, 0.15) is 6.10 Å². The van der Waals surface area contributed by atoms with Crippen LogP contribution in [0.4, 0.5) is 5.69 Å². The van der Waals surface area contributed by atoms with Gasteiger partial charge in [0.15, 0.2) is 11.5 Å². The lowest BCUT2D eigenvalue weighted by molar-refractivity contribution is -0.385. The Hall–Kier alpha value is -2.60. The Labute approximate surface area is 128 Å². The predicted octanol–water partition coefficient (Wildman–Crippen LogP) is 3.00. The molecular weight excluding hydrogens is 286 g/mol. The van der Waals surface area contributed by atoms with E-state index in [9.17, 15) is 15.2 Å². The molecule has 6 heteroatoms. The quantitative estimate of drug-likeness (QED) is 0.678. The molecule has 0 radical (unpaired) electrons. The Morgan fingerprint density at radius 1 is 1.05 bits per heavy atom. The number of hydrogen-bond donors (Lipinski definition) is 1. The summed E-state index contributed by atoms with van der Waals surface area (Å²) >= 11 is 0. The topological polar surface area (TPSA) is 81.8 Å². The second-order valence-electron chi connectivity index (χ2n) is 4.82. The first-order chi connectivity index (χ1) is 10.5. The monoisotopic (exact) mass is 303 g/mol. The van der Waals surface area contributed by atoms with Crippen LogP contribution in [0, 0.1) is 17.0 Å². The van der Waals surface area contributed by atoms with Gasteiger partial charge < -0.3 is 14.6 Å². The van der Waals surface area contributed by atoms with E-state index < -0.39 is 11.0 Å². The first kappa shape index (κ1) is 15.8. The van der Waals surface area contributed by atoms with Crippen molar-refractivity contribution >= 4 is 5.69 Å². The van der Waals surface area contributed by atoms with Gasteiger partial charge in [-0.25, -0.2) is 0 Å². The van der Waals surface area contributed by atoms with Crippen LogP contribution < -0.4 is 9.47 Å². The SMILES string of the molecule is COc1ccc([C@H](O)c2ccc(C)c([N+](=O)[O-])c2)cc1OC. The maximum absolute atomic E-state index is 11.0. The van der Waals surface area contributed by atoms with Crippen molar-refractivity contribution in [3.63, 3.8) is 0 Å². The zero-order valence-electron chi connectivity index (χ0n) is 12.6. The maximum atomic E-state index is 11.0. The summed E-state index contributed by atoms with van der Waals surface area (Å²) < 4.78 is 10.3. The lowest BCUT2D eigenvalue weighted by atomic mass is 9.99. The Balaban J connectivity index is 2.41. The van der Waals surface area contributed by atoms with Gasteiger partial charge in [-0.1, -0.05) is 18.2 Å². The molecule has 0 heterocycles. The van der Waals surface area contributed by atoms with Crippen LogP contribution >= 0.6 is 0 Å². The minimum absolute atomic E-state index is 0.0166. The van der Waals surface area contributed by atoms with Gasteiger partial charge in [0.2, 0.25) is 0 Å². The summed E-state index contributed by atoms with van der Waals surface area (Å²) in [6.07, 6.45) is -0.987. The van der Waals surface area contributed by atoms with Crippen molar-refractivity contribution in [3.05, 3.63) is 63.2 Å². The van der Waals surface area contributed by atoms with Crippen molar-refractivity contribution in [2.75, 3.05) is 14.2 Å². The highest BCUT2D eigenvalue weighted by molar-refractivity contribution is 5.48. The summed E-state index contributed by atoms with van der Waals surface area (Å²) in [7, 11) is 3.03. The van der Waals surface area contributed by atoms with Crippen molar-refractivity contribution in [2.45, 2.75) is 13.0 Å². The van der Waals surface area contributed by atoms with Gasteiger partial charge in [-0.2, -0.15) is 0 Å². The highest BCUT2D eigenvalue weighted by Gasteiger charge is 2.18. The third kappa shape index (κ3) is 3.01. The number of benzene rings is 2. The van der Waals surface area contributed by atoms with Gasteiger partial charge in [0, 0.05) is 11.6 Å². The fraction of sp³-hybridized carbons (Fsp3) is 0.250. The highest BCUT2D eigenvalue weighted by atomic mass is 16.6. The molecule has 1 atom stereocenters. The van der Waals surface area contributed by atoms with E-state index in [4.69, 9.17) is 9.47 Å². The summed E-state index contributed by atoms with van der Waals surface area (Å²) in [6, 6.07) is 9.70. The number of hydrogen-bond acceptors (Lipinski definition) is 5. The molecular formula is C16H17NO5. The molecule has 0 fully saturated rings. The molecule has 22 heavy (non-hydrogen) atoms. The number of nitro groups is 1. The third-order valence-corrected chi connectivity index (χ3v) is 3.47. The third-order valence-electron chi connectivity index (χ3n) is 3.47. The molecule has 2 aromatic carbocycles. The highest BCUT2D eigenvalue weighted by Crippen LogP contribution is 2.33. The summed E-state index contributed by atoms with van der Waals surface area (Å²) in [4.78, 5) is 10.5. The Bertz CT molecular complexity index is 699. The second-order valence-corrected chi connectivity index (χ2v) is 4.82. The molecule has 0 aliphatic rings. The summed E-state index contributed by atoms with van der Waals surface area (Å²) in [5, 5.41) is 21.5. The number of nitro benzene ring substituents is 1. The number of rotatable bonds is 5. The number of methoxy groups -OCH3 is 2. The fourth-order valence-corrected chi connectivity index (χ4v) is 2.21. The van der Waals surface area contributed by atoms with Gasteiger partial charge in [0.25, 0.3) is 5.69 Å². The number of aliphatic hydroxyl groups is 1. The summed E-state index contributed by atoms with van der Waals surface area (Å²) in [5.41, 5.74) is 1.55. The molecule has 0 saturated carbocycles. The molecule has 0 aromatic heterocycles. The van der Waals surface area contributed by atoms with Crippen molar-refractivity contribution in [1.82, 2.24) is 0 Å². The lowest BCUT2D eigenvalue weighted by Gasteiger charge is -2.15. The van der Waals surface area contributed by atoms with E-state index in [1.54, 1.807) is 37.3 Å². The van der Waals surface area contributed by atoms with Gasteiger partial charge in [-0.05, 0) is 30.2 Å². The van der Waals surface area contributed by atoms with E-state index in [0.29, 0.717) is 28.2 Å². The molecule has 2 rings (SSSR count). The Morgan fingerprint density at radius 2 is 1.64 bits per heavy atom. The summed E-state index contributed by atoms with van der Waals surface area (Å²) in [5.74, 6) is 1.04. The maximum Gasteiger partial charge on any atom is 0.272 e. The number of aliphatic hydroxyl groups excluding tert-OH is 1. The molecule has 1 N–H and O–H groups in total. The minimum Gasteiger partial charge on any atom is -0.493 e. The zero-order chi connectivity index (χ0) is 16.3. The van der Waals surface area contributed by atoms with Crippen LogP contribution in [0.2, 0.25) is 0 Å². The summed E-state index contributed by atoms with van der Waals surface area (Å²) in [6.45, 7) is 1.66. The molecule has 6 nitrogen and oxygen atoms in total. The van der Waals surface area contributed by atoms with Crippen molar-refractivity contribution in [3.8, 4) is 11.5 Å². The van der Waals surface area contributed by atoms with Crippen LogP contribution in [0.3, 0.4) is 0 Å². The van der Waals surface area contributed by atoms with Crippen LogP contribution in [0.1, 0.15) is 22.8 Å². The smallest absolute Gasteiger partial charge is 0.272 e. The second kappa shape index (κ2) is 6.44. The first-order valence-corrected chi connectivity index (χ1v) is 6.63.